The van der Waals surface area contributed by atoms with Crippen LogP contribution in [0.25, 0.3) is 0 Å². The van der Waals surface area contributed by atoms with Crippen molar-refractivity contribution in [2.75, 3.05) is 13.2 Å². The van der Waals surface area contributed by atoms with E-state index in [1.807, 2.05) is 0 Å². The SMILES string of the molecule is C/C=C/COC(=O)CC(C(=O)OCCCCCCCCCCCCC)S(=O)(=O)[O-].[Na+]. The molecule has 1 unspecified atom stereocenters. The molecule has 7 nitrogen and oxygen atoms in total. The normalized spacial score (nSPS) is 12.4. The Bertz CT molecular complexity index is 576. The summed E-state index contributed by atoms with van der Waals surface area (Å²) >= 11 is 0. The molecule has 0 bridgehead atoms. The van der Waals surface area contributed by atoms with Crippen molar-refractivity contribution in [2.45, 2.75) is 96.1 Å². The molecule has 0 radical (unpaired) electrons. The van der Waals surface area contributed by atoms with Gasteiger partial charge in [-0.05, 0) is 13.3 Å². The summed E-state index contributed by atoms with van der Waals surface area (Å²) < 4.78 is 43.5. The maximum Gasteiger partial charge on any atom is 1.00 e. The van der Waals surface area contributed by atoms with Gasteiger partial charge < -0.3 is 14.0 Å². The van der Waals surface area contributed by atoms with E-state index in [2.05, 4.69) is 6.92 Å². The quantitative estimate of drug-likeness (QED) is 0.100. The van der Waals surface area contributed by atoms with Crippen molar-refractivity contribution in [3.05, 3.63) is 12.2 Å². The number of esters is 2. The topological polar surface area (TPSA) is 110 Å². The molecule has 0 rings (SSSR count). The van der Waals surface area contributed by atoms with E-state index < -0.39 is 33.7 Å². The molecule has 0 fully saturated rings. The van der Waals surface area contributed by atoms with E-state index in [-0.39, 0.29) is 42.8 Å². The molecule has 0 amide bonds. The van der Waals surface area contributed by atoms with Gasteiger partial charge in [0.2, 0.25) is 0 Å². The van der Waals surface area contributed by atoms with Crippen LogP contribution in [-0.2, 0) is 29.2 Å². The smallest absolute Gasteiger partial charge is 0.747 e. The molecule has 0 spiro atoms. The Labute approximate surface area is 204 Å². The molecule has 0 saturated carbocycles. The molecule has 0 aromatic rings. The molecule has 0 aliphatic carbocycles. The van der Waals surface area contributed by atoms with Crippen LogP contribution in [0.3, 0.4) is 0 Å². The van der Waals surface area contributed by atoms with Gasteiger partial charge in [0.25, 0.3) is 0 Å². The van der Waals surface area contributed by atoms with Crippen LogP contribution >= 0.6 is 0 Å². The van der Waals surface area contributed by atoms with Gasteiger partial charge in [-0.1, -0.05) is 83.3 Å². The summed E-state index contributed by atoms with van der Waals surface area (Å²) in [5.74, 6) is -2.12. The van der Waals surface area contributed by atoms with Crippen LogP contribution < -0.4 is 29.6 Å². The van der Waals surface area contributed by atoms with Crippen molar-refractivity contribution in [1.29, 1.82) is 0 Å². The largest absolute Gasteiger partial charge is 1.00 e. The van der Waals surface area contributed by atoms with Crippen molar-refractivity contribution < 1.29 is 61.6 Å². The van der Waals surface area contributed by atoms with Gasteiger partial charge in [-0.15, -0.1) is 0 Å². The first kappa shape index (κ1) is 31.8. The van der Waals surface area contributed by atoms with Gasteiger partial charge in [0.15, 0.2) is 5.25 Å². The first-order valence-electron chi connectivity index (χ1n) is 10.7. The monoisotopic (exact) mass is 456 g/mol. The van der Waals surface area contributed by atoms with Crippen LogP contribution in [0.1, 0.15) is 90.9 Å². The minimum Gasteiger partial charge on any atom is -0.747 e. The third-order valence-electron chi connectivity index (χ3n) is 4.53. The minimum atomic E-state index is -5.00. The second-order valence-electron chi connectivity index (χ2n) is 7.14. The second-order valence-corrected chi connectivity index (χ2v) is 8.70. The van der Waals surface area contributed by atoms with Crippen molar-refractivity contribution in [3.63, 3.8) is 0 Å². The fourth-order valence-corrected chi connectivity index (χ4v) is 3.43. The first-order valence-corrected chi connectivity index (χ1v) is 12.2. The minimum absolute atomic E-state index is 0. The zero-order valence-corrected chi connectivity index (χ0v) is 21.7. The number of hydrogen-bond acceptors (Lipinski definition) is 7. The molecule has 0 aliphatic heterocycles. The average Bonchev–Trinajstić information content (AvgIpc) is 2.66. The van der Waals surface area contributed by atoms with Crippen molar-refractivity contribution in [1.82, 2.24) is 0 Å². The Balaban J connectivity index is 0. The molecule has 9 heteroatoms. The molecule has 0 aromatic heterocycles. The van der Waals surface area contributed by atoms with Crippen LogP contribution in [0.15, 0.2) is 12.2 Å². The predicted molar refractivity (Wildman–Crippen MR) is 111 cm³/mol. The summed E-state index contributed by atoms with van der Waals surface area (Å²) in [6, 6.07) is 0. The number of ether oxygens (including phenoxy) is 2. The van der Waals surface area contributed by atoms with Crippen LogP contribution in [0.4, 0.5) is 0 Å². The number of allylic oxidation sites excluding steroid dienone is 1. The molecule has 170 valence electrons. The molecular formula is C21H37NaO7S. The Kier molecular flexibility index (Phi) is 21.7. The zero-order valence-electron chi connectivity index (χ0n) is 18.9. The summed E-state index contributed by atoms with van der Waals surface area (Å²) in [7, 11) is -5.00. The fraction of sp³-hybridized carbons (Fsp3) is 0.810. The van der Waals surface area contributed by atoms with E-state index in [9.17, 15) is 22.6 Å². The third-order valence-corrected chi connectivity index (χ3v) is 5.59. The molecule has 0 saturated heterocycles. The van der Waals surface area contributed by atoms with Crippen molar-refractivity contribution in [3.8, 4) is 0 Å². The van der Waals surface area contributed by atoms with Gasteiger partial charge in [-0.2, -0.15) is 0 Å². The number of unbranched alkanes of at least 4 members (excludes halogenated alkanes) is 10. The van der Waals surface area contributed by atoms with E-state index in [0.717, 1.165) is 19.3 Å². The molecule has 1 atom stereocenters. The Morgan fingerprint density at radius 1 is 0.900 bits per heavy atom. The number of carbonyl (C=O) groups excluding carboxylic acids is 2. The number of carbonyl (C=O) groups is 2. The van der Waals surface area contributed by atoms with Crippen molar-refractivity contribution in [2.24, 2.45) is 0 Å². The first-order chi connectivity index (χ1) is 13.8. The van der Waals surface area contributed by atoms with Gasteiger partial charge in [0.1, 0.15) is 16.7 Å². The van der Waals surface area contributed by atoms with Crippen molar-refractivity contribution >= 4 is 22.1 Å². The van der Waals surface area contributed by atoms with Crippen LogP contribution in [-0.4, -0.2) is 43.4 Å². The average molecular weight is 457 g/mol. The summed E-state index contributed by atoms with van der Waals surface area (Å²) in [4.78, 5) is 23.5. The molecular weight excluding hydrogens is 419 g/mol. The predicted octanol–water partition coefficient (Wildman–Crippen LogP) is 1.27. The van der Waals surface area contributed by atoms with E-state index in [4.69, 9.17) is 9.47 Å². The maximum atomic E-state index is 11.9. The fourth-order valence-electron chi connectivity index (χ4n) is 2.78. The summed E-state index contributed by atoms with van der Waals surface area (Å²) in [6.07, 6.45) is 14.9. The van der Waals surface area contributed by atoms with E-state index in [1.54, 1.807) is 19.1 Å². The summed E-state index contributed by atoms with van der Waals surface area (Å²) in [5, 5.41) is -2.06. The van der Waals surface area contributed by atoms with Gasteiger partial charge in [0, 0.05) is 0 Å². The molecule has 0 heterocycles. The zero-order chi connectivity index (χ0) is 22.0. The molecule has 0 aliphatic rings. The summed E-state index contributed by atoms with van der Waals surface area (Å²) in [5.41, 5.74) is 0. The van der Waals surface area contributed by atoms with E-state index >= 15 is 0 Å². The van der Waals surface area contributed by atoms with Crippen LogP contribution in [0.5, 0.6) is 0 Å². The standard InChI is InChI=1S/C21H38O7S.Na/c1-3-5-7-8-9-10-11-12-13-14-15-17-28-21(23)19(29(24,25)26)18-20(22)27-16-6-4-2;/h4,6,19H,3,5,7-18H2,1-2H3,(H,24,25,26);/q;+1/p-1/b6-4+;. The van der Waals surface area contributed by atoms with Gasteiger partial charge in [-0.3, -0.25) is 9.59 Å². The third kappa shape index (κ3) is 18.4. The Morgan fingerprint density at radius 3 is 1.87 bits per heavy atom. The Hall–Kier alpha value is -0.410. The molecule has 0 aromatic carbocycles. The number of hydrogen-bond donors (Lipinski definition) is 0. The van der Waals surface area contributed by atoms with Gasteiger partial charge >= 0.3 is 41.5 Å². The second kappa shape index (κ2) is 20.5. The molecule has 30 heavy (non-hydrogen) atoms. The van der Waals surface area contributed by atoms with Crippen LogP contribution in [0, 0.1) is 0 Å². The Morgan fingerprint density at radius 2 is 1.40 bits per heavy atom. The summed E-state index contributed by atoms with van der Waals surface area (Å²) in [6.45, 7) is 3.92. The van der Waals surface area contributed by atoms with E-state index in [1.165, 1.54) is 44.9 Å². The van der Waals surface area contributed by atoms with Crippen LogP contribution in [0.2, 0.25) is 0 Å². The van der Waals surface area contributed by atoms with Gasteiger partial charge in [0.05, 0.1) is 13.0 Å². The van der Waals surface area contributed by atoms with Gasteiger partial charge in [-0.25, -0.2) is 8.42 Å². The number of rotatable bonds is 18. The molecule has 0 N–H and O–H groups in total. The maximum absolute atomic E-state index is 11.9. The van der Waals surface area contributed by atoms with E-state index in [0.29, 0.717) is 6.42 Å².